The normalized spacial score (nSPS) is 15.6. The topological polar surface area (TPSA) is 109 Å². The van der Waals surface area contributed by atoms with E-state index in [2.05, 4.69) is 24.3 Å². The molecule has 1 aliphatic rings. The van der Waals surface area contributed by atoms with E-state index in [0.29, 0.717) is 29.2 Å². The Hall–Kier alpha value is -3.20. The number of esters is 1. The first-order chi connectivity index (χ1) is 14.8. The molecule has 2 heterocycles. The van der Waals surface area contributed by atoms with Crippen LogP contribution in [-0.2, 0) is 27.7 Å². The average molecular weight is 428 g/mol. The molecule has 1 aromatic heterocycles. The Bertz CT molecular complexity index is 1020. The summed E-state index contributed by atoms with van der Waals surface area (Å²) >= 11 is 0. The maximum Gasteiger partial charge on any atom is 0.336 e. The zero-order valence-electron chi connectivity index (χ0n) is 18.5. The summed E-state index contributed by atoms with van der Waals surface area (Å²) in [7, 11) is 3.35. The molecule has 3 rings (SSSR count). The fourth-order valence-corrected chi connectivity index (χ4v) is 3.97. The molecule has 0 fully saturated rings. The number of aromatic nitrogens is 2. The van der Waals surface area contributed by atoms with Gasteiger partial charge in [-0.25, -0.2) is 4.79 Å². The van der Waals surface area contributed by atoms with Crippen molar-refractivity contribution < 1.29 is 19.2 Å². The summed E-state index contributed by atoms with van der Waals surface area (Å²) in [6.45, 7) is 6.29. The zero-order valence-corrected chi connectivity index (χ0v) is 18.5. The highest BCUT2D eigenvalue weighted by atomic mass is 16.6. The van der Waals surface area contributed by atoms with E-state index in [1.54, 1.807) is 29.8 Å². The molecule has 0 aliphatic carbocycles. The number of aryl methyl sites for hydroxylation is 1. The molecule has 1 aliphatic heterocycles. The van der Waals surface area contributed by atoms with E-state index in [0.717, 1.165) is 17.1 Å². The van der Waals surface area contributed by atoms with Crippen LogP contribution in [0.5, 0.6) is 0 Å². The number of hydrogen-bond acceptors (Lipinski definition) is 7. The molecular formula is C22H28N4O5. The van der Waals surface area contributed by atoms with Gasteiger partial charge in [0, 0.05) is 37.0 Å². The van der Waals surface area contributed by atoms with Gasteiger partial charge < -0.3 is 14.8 Å². The van der Waals surface area contributed by atoms with Crippen molar-refractivity contribution in [3.05, 3.63) is 62.5 Å². The van der Waals surface area contributed by atoms with Crippen LogP contribution in [0.4, 0.5) is 11.5 Å². The average Bonchev–Trinajstić information content (AvgIpc) is 3.01. The number of nitrogens with one attached hydrogen (secondary N) is 1. The van der Waals surface area contributed by atoms with Crippen LogP contribution in [0, 0.1) is 16.0 Å². The lowest BCUT2D eigenvalue weighted by molar-refractivity contribution is -0.385. The van der Waals surface area contributed by atoms with Crippen molar-refractivity contribution in [3.8, 4) is 0 Å². The van der Waals surface area contributed by atoms with Crippen molar-refractivity contribution in [1.82, 2.24) is 9.78 Å². The van der Waals surface area contributed by atoms with Crippen LogP contribution in [0.3, 0.4) is 0 Å². The molecule has 9 heteroatoms. The molecule has 0 amide bonds. The third-order valence-corrected chi connectivity index (χ3v) is 5.23. The summed E-state index contributed by atoms with van der Waals surface area (Å²) in [5.74, 6) is -0.162. The van der Waals surface area contributed by atoms with E-state index < -0.39 is 16.8 Å². The summed E-state index contributed by atoms with van der Waals surface area (Å²) < 4.78 is 12.1. The zero-order chi connectivity index (χ0) is 22.7. The summed E-state index contributed by atoms with van der Waals surface area (Å²) in [5.41, 5.74) is 2.89. The number of carbonyl (C=O) groups is 1. The van der Waals surface area contributed by atoms with Gasteiger partial charge in [-0.2, -0.15) is 5.10 Å². The number of ether oxygens (including phenoxy) is 2. The van der Waals surface area contributed by atoms with Crippen molar-refractivity contribution in [1.29, 1.82) is 0 Å². The van der Waals surface area contributed by atoms with Crippen LogP contribution in [0.25, 0.3) is 0 Å². The number of para-hydroxylation sites is 1. The van der Waals surface area contributed by atoms with Crippen LogP contribution in [0.15, 0.2) is 35.5 Å². The van der Waals surface area contributed by atoms with Crippen LogP contribution in [0.1, 0.15) is 43.5 Å². The predicted molar refractivity (Wildman–Crippen MR) is 116 cm³/mol. The number of benzene rings is 1. The van der Waals surface area contributed by atoms with Crippen molar-refractivity contribution in [3.63, 3.8) is 0 Å². The third-order valence-electron chi connectivity index (χ3n) is 5.23. The standard InChI is InChI=1S/C22H28N4O5/c1-13(2)12-16-20-19(15-8-6-7-9-17(15)26(28)29)18(22(27)31-11-10-30-5)14(3)23-21(20)25(4)24-16/h6-9,13,19,23H,10-12H2,1-5H3. The molecule has 2 aromatic rings. The Kier molecular flexibility index (Phi) is 6.74. The second kappa shape index (κ2) is 9.30. The van der Waals surface area contributed by atoms with Gasteiger partial charge in [-0.05, 0) is 19.3 Å². The lowest BCUT2D eigenvalue weighted by atomic mass is 9.79. The van der Waals surface area contributed by atoms with Gasteiger partial charge in [-0.1, -0.05) is 32.0 Å². The van der Waals surface area contributed by atoms with Crippen LogP contribution in [0.2, 0.25) is 0 Å². The minimum atomic E-state index is -0.671. The van der Waals surface area contributed by atoms with Crippen LogP contribution < -0.4 is 5.32 Å². The molecule has 166 valence electrons. The number of carbonyl (C=O) groups excluding carboxylic acids is 1. The summed E-state index contributed by atoms with van der Waals surface area (Å²) in [5, 5.41) is 19.8. The first-order valence-corrected chi connectivity index (χ1v) is 10.2. The first kappa shape index (κ1) is 22.5. The SMILES string of the molecule is COCCOC(=O)C1=C(C)Nc2c(c(CC(C)C)nn2C)C1c1ccccc1[N+](=O)[O-]. The van der Waals surface area contributed by atoms with Crippen molar-refractivity contribution >= 4 is 17.5 Å². The molecule has 0 spiro atoms. The van der Waals surface area contributed by atoms with Crippen molar-refractivity contribution in [2.75, 3.05) is 25.6 Å². The highest BCUT2D eigenvalue weighted by molar-refractivity contribution is 5.95. The monoisotopic (exact) mass is 428 g/mol. The van der Waals surface area contributed by atoms with E-state index in [1.807, 2.05) is 7.05 Å². The number of anilines is 1. The highest BCUT2D eigenvalue weighted by Crippen LogP contribution is 2.46. The summed E-state index contributed by atoms with van der Waals surface area (Å²) in [6, 6.07) is 6.51. The molecular weight excluding hydrogens is 400 g/mol. The summed E-state index contributed by atoms with van der Waals surface area (Å²) in [6.07, 6.45) is 0.674. The highest BCUT2D eigenvalue weighted by Gasteiger charge is 2.40. The van der Waals surface area contributed by atoms with E-state index in [4.69, 9.17) is 9.47 Å². The van der Waals surface area contributed by atoms with Gasteiger partial charge in [0.15, 0.2) is 0 Å². The molecule has 1 atom stereocenters. The molecule has 0 radical (unpaired) electrons. The van der Waals surface area contributed by atoms with Crippen LogP contribution in [-0.4, -0.2) is 41.0 Å². The predicted octanol–water partition coefficient (Wildman–Crippen LogP) is 3.55. The maximum atomic E-state index is 13.1. The molecule has 0 bridgehead atoms. The Balaban J connectivity index is 2.23. The second-order valence-electron chi connectivity index (χ2n) is 7.97. The Morgan fingerprint density at radius 2 is 2.03 bits per heavy atom. The number of nitrogens with zero attached hydrogens (tertiary/aromatic N) is 3. The first-order valence-electron chi connectivity index (χ1n) is 10.2. The fraction of sp³-hybridized carbons (Fsp3) is 0.455. The van der Waals surface area contributed by atoms with Crippen LogP contribution >= 0.6 is 0 Å². The third kappa shape index (κ3) is 4.46. The Morgan fingerprint density at radius 3 is 2.68 bits per heavy atom. The van der Waals surface area contributed by atoms with E-state index in [1.165, 1.54) is 13.2 Å². The largest absolute Gasteiger partial charge is 0.460 e. The molecule has 0 saturated carbocycles. The number of nitro groups is 1. The number of rotatable bonds is 8. The Labute approximate surface area is 181 Å². The fourth-order valence-electron chi connectivity index (χ4n) is 3.97. The quantitative estimate of drug-likeness (QED) is 0.296. The Morgan fingerprint density at radius 1 is 1.32 bits per heavy atom. The number of methoxy groups -OCH3 is 1. The number of nitro benzene ring substituents is 1. The molecule has 0 saturated heterocycles. The minimum absolute atomic E-state index is 0.0466. The maximum absolute atomic E-state index is 13.1. The van der Waals surface area contributed by atoms with Gasteiger partial charge in [-0.15, -0.1) is 0 Å². The van der Waals surface area contributed by atoms with Gasteiger partial charge in [0.25, 0.3) is 5.69 Å². The van der Waals surface area contributed by atoms with Crippen molar-refractivity contribution in [2.24, 2.45) is 13.0 Å². The number of allylic oxidation sites excluding steroid dienone is 1. The lowest BCUT2D eigenvalue weighted by Gasteiger charge is -2.28. The van der Waals surface area contributed by atoms with Crippen molar-refractivity contribution in [2.45, 2.75) is 33.1 Å². The number of hydrogen-bond donors (Lipinski definition) is 1. The van der Waals surface area contributed by atoms with Gasteiger partial charge in [-0.3, -0.25) is 14.8 Å². The molecule has 9 nitrogen and oxygen atoms in total. The summed E-state index contributed by atoms with van der Waals surface area (Å²) in [4.78, 5) is 24.5. The van der Waals surface area contributed by atoms with E-state index in [-0.39, 0.29) is 18.9 Å². The molecule has 31 heavy (non-hydrogen) atoms. The molecule has 1 aromatic carbocycles. The van der Waals surface area contributed by atoms with Gasteiger partial charge in [0.05, 0.1) is 28.7 Å². The van der Waals surface area contributed by atoms with E-state index >= 15 is 0 Å². The lowest BCUT2D eigenvalue weighted by Crippen LogP contribution is -2.26. The van der Waals surface area contributed by atoms with E-state index in [9.17, 15) is 14.9 Å². The minimum Gasteiger partial charge on any atom is -0.460 e. The van der Waals surface area contributed by atoms with Gasteiger partial charge >= 0.3 is 5.97 Å². The second-order valence-corrected chi connectivity index (χ2v) is 7.97. The van der Waals surface area contributed by atoms with Gasteiger partial charge in [0.1, 0.15) is 12.4 Å². The van der Waals surface area contributed by atoms with Gasteiger partial charge in [0.2, 0.25) is 0 Å². The molecule has 1 N–H and O–H groups in total. The number of fused-ring (bicyclic) bond motifs is 1. The smallest absolute Gasteiger partial charge is 0.336 e. The molecule has 1 unspecified atom stereocenters.